The van der Waals surface area contributed by atoms with Crippen LogP contribution < -0.4 is 10.6 Å². The van der Waals surface area contributed by atoms with Crippen molar-refractivity contribution in [3.8, 4) is 5.75 Å². The number of hydrogen-bond acceptors (Lipinski definition) is 3. The summed E-state index contributed by atoms with van der Waals surface area (Å²) in [5.74, 6) is -0.325. The first-order valence-electron chi connectivity index (χ1n) is 6.30. The van der Waals surface area contributed by atoms with Crippen molar-refractivity contribution >= 4 is 28.9 Å². The molecule has 0 aliphatic carbocycles. The predicted octanol–water partition coefficient (Wildman–Crippen LogP) is 3.27. The average Bonchev–Trinajstić information content (AvgIpc) is 2.89. The zero-order valence-corrected chi connectivity index (χ0v) is 11.4. The third-order valence-electron chi connectivity index (χ3n) is 3.27. The number of phenolic OH excluding ortho intramolecular Hbond substituents is 1. The summed E-state index contributed by atoms with van der Waals surface area (Å²) in [5, 5.41) is 15.8. The van der Waals surface area contributed by atoms with Gasteiger partial charge in [-0.2, -0.15) is 0 Å². The van der Waals surface area contributed by atoms with Crippen LogP contribution in [-0.2, 0) is 6.42 Å². The van der Waals surface area contributed by atoms with Gasteiger partial charge in [0, 0.05) is 17.9 Å². The topological polar surface area (TPSA) is 61.4 Å². The van der Waals surface area contributed by atoms with Gasteiger partial charge in [-0.15, -0.1) is 0 Å². The SMILES string of the molecule is O=C(Nc1ccc2c(c1)CCN2)c1cc(O)ccc1Cl. The number of fused-ring (bicyclic) bond motifs is 1. The standard InChI is InChI=1S/C15H13ClN2O2/c16-13-3-2-11(19)8-12(13)15(20)18-10-1-4-14-9(7-10)5-6-17-14/h1-4,7-8,17,19H,5-6H2,(H,18,20). The molecule has 0 saturated heterocycles. The Morgan fingerprint density at radius 2 is 2.10 bits per heavy atom. The van der Waals surface area contributed by atoms with Gasteiger partial charge in [-0.3, -0.25) is 4.79 Å². The molecule has 102 valence electrons. The molecule has 0 bridgehead atoms. The van der Waals surface area contributed by atoms with Crippen molar-refractivity contribution < 1.29 is 9.90 Å². The quantitative estimate of drug-likeness (QED) is 0.795. The van der Waals surface area contributed by atoms with E-state index in [4.69, 9.17) is 11.6 Å². The van der Waals surface area contributed by atoms with Crippen LogP contribution in [0.3, 0.4) is 0 Å². The highest BCUT2D eigenvalue weighted by Gasteiger charge is 2.14. The van der Waals surface area contributed by atoms with Gasteiger partial charge >= 0.3 is 0 Å². The highest BCUT2D eigenvalue weighted by atomic mass is 35.5. The van der Waals surface area contributed by atoms with E-state index in [1.54, 1.807) is 0 Å². The van der Waals surface area contributed by atoms with Crippen molar-refractivity contribution in [2.75, 3.05) is 17.2 Å². The zero-order valence-electron chi connectivity index (χ0n) is 10.6. The third-order valence-corrected chi connectivity index (χ3v) is 3.60. The van der Waals surface area contributed by atoms with E-state index in [1.165, 1.54) is 23.8 Å². The largest absolute Gasteiger partial charge is 0.508 e. The van der Waals surface area contributed by atoms with Gasteiger partial charge in [0.05, 0.1) is 10.6 Å². The van der Waals surface area contributed by atoms with Gasteiger partial charge in [0.25, 0.3) is 5.91 Å². The fourth-order valence-corrected chi connectivity index (χ4v) is 2.47. The normalized spacial score (nSPS) is 12.7. The molecule has 1 aliphatic rings. The summed E-state index contributed by atoms with van der Waals surface area (Å²) in [6, 6.07) is 10.0. The van der Waals surface area contributed by atoms with Crippen molar-refractivity contribution in [2.45, 2.75) is 6.42 Å². The van der Waals surface area contributed by atoms with E-state index < -0.39 is 0 Å². The number of carbonyl (C=O) groups is 1. The minimum atomic E-state index is -0.336. The Morgan fingerprint density at radius 3 is 2.95 bits per heavy atom. The van der Waals surface area contributed by atoms with Gasteiger partial charge in [0.2, 0.25) is 0 Å². The molecule has 0 saturated carbocycles. The highest BCUT2D eigenvalue weighted by molar-refractivity contribution is 6.34. The number of amides is 1. The van der Waals surface area contributed by atoms with Crippen molar-refractivity contribution in [1.82, 2.24) is 0 Å². The lowest BCUT2D eigenvalue weighted by atomic mass is 10.1. The smallest absolute Gasteiger partial charge is 0.257 e. The fraction of sp³-hybridized carbons (Fsp3) is 0.133. The molecule has 0 unspecified atom stereocenters. The molecule has 1 aliphatic heterocycles. The lowest BCUT2D eigenvalue weighted by Crippen LogP contribution is -2.12. The number of phenols is 1. The van der Waals surface area contributed by atoms with Crippen LogP contribution in [0.5, 0.6) is 5.75 Å². The Balaban J connectivity index is 1.84. The molecule has 0 aromatic heterocycles. The number of carbonyl (C=O) groups excluding carboxylic acids is 1. The lowest BCUT2D eigenvalue weighted by Gasteiger charge is -2.09. The van der Waals surface area contributed by atoms with E-state index in [2.05, 4.69) is 10.6 Å². The second-order valence-electron chi connectivity index (χ2n) is 4.67. The molecule has 0 fully saturated rings. The maximum atomic E-state index is 12.2. The molecule has 3 rings (SSSR count). The molecule has 1 amide bonds. The van der Waals surface area contributed by atoms with Crippen molar-refractivity contribution in [3.63, 3.8) is 0 Å². The number of benzene rings is 2. The molecule has 2 aromatic carbocycles. The molecular formula is C15H13ClN2O2. The Hall–Kier alpha value is -2.20. The van der Waals surface area contributed by atoms with Crippen LogP contribution in [0.2, 0.25) is 5.02 Å². The van der Waals surface area contributed by atoms with Gasteiger partial charge in [0.1, 0.15) is 5.75 Å². The number of aromatic hydroxyl groups is 1. The Labute approximate surface area is 121 Å². The monoisotopic (exact) mass is 288 g/mol. The zero-order chi connectivity index (χ0) is 14.1. The minimum Gasteiger partial charge on any atom is -0.508 e. The van der Waals surface area contributed by atoms with Crippen LogP contribution in [0.4, 0.5) is 11.4 Å². The molecule has 5 heteroatoms. The van der Waals surface area contributed by atoms with Gasteiger partial charge in [-0.25, -0.2) is 0 Å². The van der Waals surface area contributed by atoms with Crippen LogP contribution in [0.1, 0.15) is 15.9 Å². The van der Waals surface area contributed by atoms with Crippen molar-refractivity contribution in [1.29, 1.82) is 0 Å². The molecule has 20 heavy (non-hydrogen) atoms. The fourth-order valence-electron chi connectivity index (χ4n) is 2.27. The second kappa shape index (κ2) is 5.06. The number of rotatable bonds is 2. The lowest BCUT2D eigenvalue weighted by molar-refractivity contribution is 0.102. The molecular weight excluding hydrogens is 276 g/mol. The molecule has 0 spiro atoms. The van der Waals surface area contributed by atoms with Crippen LogP contribution >= 0.6 is 11.6 Å². The van der Waals surface area contributed by atoms with Gasteiger partial charge in [-0.05, 0) is 48.4 Å². The average molecular weight is 289 g/mol. The molecule has 4 nitrogen and oxygen atoms in total. The number of hydrogen-bond donors (Lipinski definition) is 3. The summed E-state index contributed by atoms with van der Waals surface area (Å²) in [6.45, 7) is 0.922. The summed E-state index contributed by atoms with van der Waals surface area (Å²) in [4.78, 5) is 12.2. The molecule has 1 heterocycles. The maximum Gasteiger partial charge on any atom is 0.257 e. The van der Waals surface area contributed by atoms with E-state index in [0.717, 1.165) is 24.3 Å². The number of anilines is 2. The van der Waals surface area contributed by atoms with Crippen molar-refractivity contribution in [2.24, 2.45) is 0 Å². The Morgan fingerprint density at radius 1 is 1.25 bits per heavy atom. The van der Waals surface area contributed by atoms with Crippen LogP contribution in [0.15, 0.2) is 36.4 Å². The highest BCUT2D eigenvalue weighted by Crippen LogP contribution is 2.26. The molecule has 0 radical (unpaired) electrons. The van der Waals surface area contributed by atoms with Gasteiger partial charge < -0.3 is 15.7 Å². The molecule has 2 aromatic rings. The molecule has 0 atom stereocenters. The summed E-state index contributed by atoms with van der Waals surface area (Å²) in [7, 11) is 0. The first-order chi connectivity index (χ1) is 9.63. The van der Waals surface area contributed by atoms with Crippen LogP contribution in [-0.4, -0.2) is 17.6 Å². The Kier molecular flexibility index (Phi) is 3.24. The number of nitrogens with one attached hydrogen (secondary N) is 2. The number of halogens is 1. The first-order valence-corrected chi connectivity index (χ1v) is 6.68. The summed E-state index contributed by atoms with van der Waals surface area (Å²) >= 11 is 5.97. The predicted molar refractivity (Wildman–Crippen MR) is 79.7 cm³/mol. The summed E-state index contributed by atoms with van der Waals surface area (Å²) in [5.41, 5.74) is 3.27. The van der Waals surface area contributed by atoms with Crippen LogP contribution in [0, 0.1) is 0 Å². The van der Waals surface area contributed by atoms with E-state index in [9.17, 15) is 9.90 Å². The van der Waals surface area contributed by atoms with E-state index in [0.29, 0.717) is 5.02 Å². The maximum absolute atomic E-state index is 12.2. The Bertz CT molecular complexity index is 686. The molecule has 3 N–H and O–H groups in total. The van der Waals surface area contributed by atoms with Crippen LogP contribution in [0.25, 0.3) is 0 Å². The summed E-state index contributed by atoms with van der Waals surface area (Å²) in [6.07, 6.45) is 0.950. The minimum absolute atomic E-state index is 0.0118. The third kappa shape index (κ3) is 2.42. The van der Waals surface area contributed by atoms with Crippen molar-refractivity contribution in [3.05, 3.63) is 52.5 Å². The first kappa shape index (κ1) is 12.8. The van der Waals surface area contributed by atoms with Gasteiger partial charge in [0.15, 0.2) is 0 Å². The van der Waals surface area contributed by atoms with E-state index in [-0.39, 0.29) is 17.2 Å². The van der Waals surface area contributed by atoms with Gasteiger partial charge in [-0.1, -0.05) is 11.6 Å². The summed E-state index contributed by atoms with van der Waals surface area (Å²) < 4.78 is 0. The van der Waals surface area contributed by atoms with E-state index in [1.807, 2.05) is 18.2 Å². The van der Waals surface area contributed by atoms with E-state index >= 15 is 0 Å². The second-order valence-corrected chi connectivity index (χ2v) is 5.07.